The zero-order valence-electron chi connectivity index (χ0n) is 9.53. The van der Waals surface area contributed by atoms with Crippen LogP contribution in [0.3, 0.4) is 0 Å². The highest BCUT2D eigenvalue weighted by Crippen LogP contribution is 2.29. The van der Waals surface area contributed by atoms with Gasteiger partial charge in [-0.3, -0.25) is 9.59 Å². The fraction of sp³-hybridized carbons (Fsp3) is 0.0714. The van der Waals surface area contributed by atoms with E-state index in [9.17, 15) is 9.59 Å². The van der Waals surface area contributed by atoms with Crippen LogP contribution in [0.25, 0.3) is 0 Å². The van der Waals surface area contributed by atoms with Crippen molar-refractivity contribution in [2.24, 2.45) is 0 Å². The van der Waals surface area contributed by atoms with Crippen molar-refractivity contribution >= 4 is 23.2 Å². The molecule has 2 aromatic rings. The van der Waals surface area contributed by atoms with Gasteiger partial charge in [0.1, 0.15) is 10.8 Å². The summed E-state index contributed by atoms with van der Waals surface area (Å²) in [5.41, 5.74) is 2.02. The van der Waals surface area contributed by atoms with Gasteiger partial charge in [-0.15, -0.1) is 0 Å². The number of hydrogen-bond acceptors (Lipinski definition) is 3. The van der Waals surface area contributed by atoms with E-state index in [2.05, 4.69) is 4.98 Å². The molecular weight excluding hydrogens is 250 g/mol. The lowest BCUT2D eigenvalue weighted by Gasteiger charge is -2.18. The number of carbonyl (C=O) groups excluding carboxylic acids is 2. The molecule has 1 heterocycles. The molecule has 0 amide bonds. The first-order valence-electron chi connectivity index (χ1n) is 5.45. The summed E-state index contributed by atoms with van der Waals surface area (Å²) < 4.78 is 0. The summed E-state index contributed by atoms with van der Waals surface area (Å²) in [7, 11) is 0. The molecule has 1 aromatic carbocycles. The molecule has 4 heteroatoms. The second-order valence-electron chi connectivity index (χ2n) is 4.19. The average Bonchev–Trinajstić information content (AvgIpc) is 2.35. The minimum atomic E-state index is -0.245. The maximum absolute atomic E-state index is 12.4. The maximum atomic E-state index is 12.4. The summed E-state index contributed by atoms with van der Waals surface area (Å²) in [6.45, 7) is 1.76. The number of hydrogen-bond donors (Lipinski definition) is 0. The molecule has 0 saturated carbocycles. The van der Waals surface area contributed by atoms with Gasteiger partial charge in [-0.25, -0.2) is 4.98 Å². The van der Waals surface area contributed by atoms with Gasteiger partial charge in [-0.05, 0) is 18.6 Å². The minimum Gasteiger partial charge on any atom is -0.288 e. The third-order valence-corrected chi connectivity index (χ3v) is 3.24. The Balaban J connectivity index is 2.37. The molecule has 88 valence electrons. The first-order chi connectivity index (χ1) is 8.59. The van der Waals surface area contributed by atoms with Crippen molar-refractivity contribution in [2.75, 3.05) is 0 Å². The van der Waals surface area contributed by atoms with Gasteiger partial charge in [0, 0.05) is 11.1 Å². The highest BCUT2D eigenvalue weighted by molar-refractivity contribution is 6.32. The van der Waals surface area contributed by atoms with E-state index < -0.39 is 0 Å². The molecule has 0 saturated heterocycles. The summed E-state index contributed by atoms with van der Waals surface area (Å²) in [4.78, 5) is 28.6. The SMILES string of the molecule is Cc1cc(Cl)nc2c1C(=O)c1ccccc1C2=O. The Morgan fingerprint density at radius 1 is 1.06 bits per heavy atom. The van der Waals surface area contributed by atoms with Crippen LogP contribution in [0.2, 0.25) is 5.15 Å². The van der Waals surface area contributed by atoms with Gasteiger partial charge in [0.25, 0.3) is 0 Å². The van der Waals surface area contributed by atoms with Crippen molar-refractivity contribution in [3.63, 3.8) is 0 Å². The minimum absolute atomic E-state index is 0.156. The van der Waals surface area contributed by atoms with E-state index in [1.54, 1.807) is 37.3 Å². The summed E-state index contributed by atoms with van der Waals surface area (Å²) in [6, 6.07) is 8.36. The molecule has 0 fully saturated rings. The lowest BCUT2D eigenvalue weighted by molar-refractivity contribution is 0.0975. The number of rotatable bonds is 0. The molecule has 0 spiro atoms. The zero-order valence-corrected chi connectivity index (χ0v) is 10.3. The van der Waals surface area contributed by atoms with Crippen LogP contribution in [0.15, 0.2) is 30.3 Å². The Bertz CT molecular complexity index is 707. The summed E-state index contributed by atoms with van der Waals surface area (Å²) in [6.07, 6.45) is 0. The number of aromatic nitrogens is 1. The number of benzene rings is 1. The fourth-order valence-corrected chi connectivity index (χ4v) is 2.47. The first-order valence-corrected chi connectivity index (χ1v) is 5.83. The van der Waals surface area contributed by atoms with Crippen LogP contribution in [-0.4, -0.2) is 16.6 Å². The standard InChI is InChI=1S/C14H8ClNO2/c1-7-6-10(15)16-12-11(7)13(17)8-4-2-3-5-9(8)14(12)18/h2-6H,1H3. The molecule has 0 radical (unpaired) electrons. The number of pyridine rings is 1. The fourth-order valence-electron chi connectivity index (χ4n) is 2.22. The highest BCUT2D eigenvalue weighted by atomic mass is 35.5. The maximum Gasteiger partial charge on any atom is 0.212 e. The lowest BCUT2D eigenvalue weighted by atomic mass is 9.85. The van der Waals surface area contributed by atoms with Crippen LogP contribution in [0.4, 0.5) is 0 Å². The van der Waals surface area contributed by atoms with Crippen LogP contribution in [0.5, 0.6) is 0 Å². The molecule has 1 aliphatic carbocycles. The second-order valence-corrected chi connectivity index (χ2v) is 4.58. The predicted octanol–water partition coefficient (Wildman–Crippen LogP) is 2.82. The molecule has 0 N–H and O–H groups in total. The van der Waals surface area contributed by atoms with Gasteiger partial charge < -0.3 is 0 Å². The smallest absolute Gasteiger partial charge is 0.212 e. The number of fused-ring (bicyclic) bond motifs is 2. The number of halogens is 1. The van der Waals surface area contributed by atoms with Crippen molar-refractivity contribution in [2.45, 2.75) is 6.92 Å². The Labute approximate surface area is 108 Å². The van der Waals surface area contributed by atoms with E-state index in [4.69, 9.17) is 11.6 Å². The molecule has 0 bridgehead atoms. The van der Waals surface area contributed by atoms with E-state index in [1.807, 2.05) is 0 Å². The number of aryl methyl sites for hydroxylation is 1. The molecule has 1 aliphatic rings. The van der Waals surface area contributed by atoms with Crippen LogP contribution in [0.1, 0.15) is 37.5 Å². The van der Waals surface area contributed by atoms with E-state index in [0.717, 1.165) is 0 Å². The van der Waals surface area contributed by atoms with Gasteiger partial charge in [0.2, 0.25) is 5.78 Å². The third kappa shape index (κ3) is 1.41. The lowest BCUT2D eigenvalue weighted by Crippen LogP contribution is -2.23. The molecular formula is C14H8ClNO2. The van der Waals surface area contributed by atoms with Crippen molar-refractivity contribution in [1.82, 2.24) is 4.98 Å². The summed E-state index contributed by atoms with van der Waals surface area (Å²) >= 11 is 5.85. The third-order valence-electron chi connectivity index (χ3n) is 3.04. The summed E-state index contributed by atoms with van der Waals surface area (Å²) in [5, 5.41) is 0.229. The highest BCUT2D eigenvalue weighted by Gasteiger charge is 2.32. The topological polar surface area (TPSA) is 47.0 Å². The normalized spacial score (nSPS) is 13.2. The predicted molar refractivity (Wildman–Crippen MR) is 67.3 cm³/mol. The van der Waals surface area contributed by atoms with Crippen molar-refractivity contribution in [3.05, 3.63) is 63.4 Å². The molecule has 1 aromatic heterocycles. The van der Waals surface area contributed by atoms with Crippen LogP contribution in [0, 0.1) is 6.92 Å². The first kappa shape index (κ1) is 11.1. The summed E-state index contributed by atoms with van der Waals surface area (Å²) in [5.74, 6) is -0.410. The van der Waals surface area contributed by atoms with Crippen molar-refractivity contribution in [3.8, 4) is 0 Å². The second kappa shape index (κ2) is 3.75. The monoisotopic (exact) mass is 257 g/mol. The van der Waals surface area contributed by atoms with Gasteiger partial charge in [0.15, 0.2) is 5.78 Å². The Morgan fingerprint density at radius 3 is 2.33 bits per heavy atom. The molecule has 0 atom stereocenters. The van der Waals surface area contributed by atoms with Gasteiger partial charge in [0.05, 0.1) is 5.56 Å². The number of carbonyl (C=O) groups is 2. The molecule has 3 nitrogen and oxygen atoms in total. The molecule has 3 rings (SSSR count). The quantitative estimate of drug-likeness (QED) is 0.582. The number of nitrogens with zero attached hydrogens (tertiary/aromatic N) is 1. The van der Waals surface area contributed by atoms with Crippen LogP contribution in [-0.2, 0) is 0 Å². The number of ketones is 2. The van der Waals surface area contributed by atoms with Crippen LogP contribution < -0.4 is 0 Å². The largest absolute Gasteiger partial charge is 0.288 e. The van der Waals surface area contributed by atoms with E-state index >= 15 is 0 Å². The van der Waals surface area contributed by atoms with Crippen molar-refractivity contribution in [1.29, 1.82) is 0 Å². The zero-order chi connectivity index (χ0) is 12.9. The van der Waals surface area contributed by atoms with E-state index in [1.165, 1.54) is 0 Å². The van der Waals surface area contributed by atoms with Crippen LogP contribution >= 0.6 is 11.6 Å². The van der Waals surface area contributed by atoms with E-state index in [-0.39, 0.29) is 22.4 Å². The van der Waals surface area contributed by atoms with Gasteiger partial charge >= 0.3 is 0 Å². The Kier molecular flexibility index (Phi) is 2.31. The molecule has 0 unspecified atom stereocenters. The average molecular weight is 258 g/mol. The van der Waals surface area contributed by atoms with Crippen molar-refractivity contribution < 1.29 is 9.59 Å². The van der Waals surface area contributed by atoms with E-state index in [0.29, 0.717) is 22.3 Å². The Morgan fingerprint density at radius 2 is 1.67 bits per heavy atom. The van der Waals surface area contributed by atoms with Gasteiger partial charge in [-0.2, -0.15) is 0 Å². The van der Waals surface area contributed by atoms with Gasteiger partial charge in [-0.1, -0.05) is 35.9 Å². The molecule has 18 heavy (non-hydrogen) atoms. The molecule has 0 aliphatic heterocycles. The Hall–Kier alpha value is -2.00.